The summed E-state index contributed by atoms with van der Waals surface area (Å²) in [5.74, 6) is 0.997. The van der Waals surface area contributed by atoms with E-state index in [1.165, 1.54) is 22.3 Å². The summed E-state index contributed by atoms with van der Waals surface area (Å²) in [6.07, 6.45) is 1.46. The van der Waals surface area contributed by atoms with Crippen LogP contribution in [0.2, 0.25) is 0 Å². The van der Waals surface area contributed by atoms with Crippen LogP contribution in [0.5, 0.6) is 5.75 Å². The summed E-state index contributed by atoms with van der Waals surface area (Å²) in [5, 5.41) is 0. The Morgan fingerprint density at radius 1 is 0.867 bits per heavy atom. The largest absolute Gasteiger partial charge is 0.482 e. The van der Waals surface area contributed by atoms with Crippen molar-refractivity contribution < 1.29 is 19.0 Å². The van der Waals surface area contributed by atoms with Gasteiger partial charge in [-0.3, -0.25) is 4.79 Å². The van der Waals surface area contributed by atoms with Crippen molar-refractivity contribution in [3.8, 4) is 5.75 Å². The Labute approximate surface area is 177 Å². The molecule has 0 aliphatic carbocycles. The van der Waals surface area contributed by atoms with Crippen LogP contribution in [-0.4, -0.2) is 26.2 Å². The second kappa shape index (κ2) is 9.74. The van der Waals surface area contributed by atoms with E-state index in [1.807, 2.05) is 25.1 Å². The van der Waals surface area contributed by atoms with Crippen molar-refractivity contribution in [2.75, 3.05) is 26.2 Å². The molecule has 0 radical (unpaired) electrons. The molecule has 5 heteroatoms. The molecule has 0 saturated carbocycles. The Morgan fingerprint density at radius 3 is 2.27 bits per heavy atom. The van der Waals surface area contributed by atoms with Crippen LogP contribution < -0.4 is 20.0 Å². The third kappa shape index (κ3) is 5.59. The van der Waals surface area contributed by atoms with E-state index in [2.05, 4.69) is 36.4 Å². The molecule has 0 amide bonds. The van der Waals surface area contributed by atoms with Crippen molar-refractivity contribution in [3.05, 3.63) is 99.6 Å². The van der Waals surface area contributed by atoms with E-state index in [0.717, 1.165) is 50.6 Å². The molecule has 0 spiro atoms. The van der Waals surface area contributed by atoms with Gasteiger partial charge in [-0.1, -0.05) is 60.2 Å². The molecule has 5 nitrogen and oxygen atoms in total. The van der Waals surface area contributed by atoms with E-state index in [0.29, 0.717) is 6.61 Å². The highest BCUT2D eigenvalue weighted by molar-refractivity contribution is 5.23. The van der Waals surface area contributed by atoms with Gasteiger partial charge in [0, 0.05) is 11.6 Å². The van der Waals surface area contributed by atoms with Gasteiger partial charge in [0.15, 0.2) is 5.76 Å². The summed E-state index contributed by atoms with van der Waals surface area (Å²) in [6, 6.07) is 20.3. The van der Waals surface area contributed by atoms with E-state index < -0.39 is 0 Å². The fourth-order valence-electron chi connectivity index (χ4n) is 4.04. The molecule has 1 aliphatic rings. The van der Waals surface area contributed by atoms with E-state index in [9.17, 15) is 4.79 Å². The maximum Gasteiger partial charge on any atom is 0.227 e. The number of hydrogen-bond donors (Lipinski definition) is 2. The van der Waals surface area contributed by atoms with Crippen molar-refractivity contribution in [1.29, 1.82) is 0 Å². The predicted octanol–water partition coefficient (Wildman–Crippen LogP) is 1.01. The van der Waals surface area contributed by atoms with Crippen LogP contribution in [0.15, 0.2) is 76.1 Å². The van der Waals surface area contributed by atoms with Crippen LogP contribution in [0.3, 0.4) is 0 Å². The Hall–Kier alpha value is -2.89. The van der Waals surface area contributed by atoms with Gasteiger partial charge in [0.1, 0.15) is 52.1 Å². The third-order valence-electron chi connectivity index (χ3n) is 5.71. The molecule has 1 fully saturated rings. The van der Waals surface area contributed by atoms with E-state index >= 15 is 0 Å². The van der Waals surface area contributed by atoms with Gasteiger partial charge in [-0.15, -0.1) is 0 Å². The average Bonchev–Trinajstić information content (AvgIpc) is 2.75. The van der Waals surface area contributed by atoms with Crippen molar-refractivity contribution in [3.63, 3.8) is 0 Å². The van der Waals surface area contributed by atoms with E-state index in [-0.39, 0.29) is 11.2 Å². The summed E-state index contributed by atoms with van der Waals surface area (Å²) in [7, 11) is 0. The first-order valence-electron chi connectivity index (χ1n) is 10.7. The number of quaternary nitrogens is 2. The maximum absolute atomic E-state index is 12.4. The topological polar surface area (TPSA) is 48.3 Å². The standard InChI is InChI=1S/C25H28N2O3/c1-20-6-5-9-22(14-20)18-30-25-19-29-23(15-24(25)28)17-27-12-10-26(11-13-27)16-21-7-3-2-4-8-21/h2-9,14-15,19H,10-13,16-18H2,1H3/p+2. The van der Waals surface area contributed by atoms with Gasteiger partial charge in [-0.25, -0.2) is 0 Å². The number of benzene rings is 2. The number of nitrogens with one attached hydrogen (secondary N) is 2. The molecule has 0 unspecified atom stereocenters. The Balaban J connectivity index is 1.27. The van der Waals surface area contributed by atoms with Crippen molar-refractivity contribution in [1.82, 2.24) is 0 Å². The molecular formula is C25H30N2O3+2. The molecule has 0 atom stereocenters. The highest BCUT2D eigenvalue weighted by Crippen LogP contribution is 2.10. The maximum atomic E-state index is 12.4. The molecule has 0 bridgehead atoms. The molecule has 1 aromatic heterocycles. The SMILES string of the molecule is Cc1cccc(COc2coc(C[NH+]3CC[NH+](Cc4ccccc4)CC3)cc2=O)c1. The lowest BCUT2D eigenvalue weighted by Gasteiger charge is -2.29. The molecule has 3 aromatic rings. The minimum atomic E-state index is -0.114. The summed E-state index contributed by atoms with van der Waals surface area (Å²) in [4.78, 5) is 15.5. The van der Waals surface area contributed by atoms with Gasteiger partial charge in [0.25, 0.3) is 0 Å². The van der Waals surface area contributed by atoms with Gasteiger partial charge >= 0.3 is 0 Å². The summed E-state index contributed by atoms with van der Waals surface area (Å²) >= 11 is 0. The molecule has 2 aromatic carbocycles. The van der Waals surface area contributed by atoms with Crippen LogP contribution >= 0.6 is 0 Å². The lowest BCUT2D eigenvalue weighted by molar-refractivity contribution is -1.02. The van der Waals surface area contributed by atoms with Gasteiger partial charge in [0.2, 0.25) is 11.2 Å². The number of rotatable bonds is 7. The van der Waals surface area contributed by atoms with Crippen molar-refractivity contribution in [2.45, 2.75) is 26.6 Å². The van der Waals surface area contributed by atoms with Crippen molar-refractivity contribution in [2.24, 2.45) is 0 Å². The molecule has 30 heavy (non-hydrogen) atoms. The first-order chi connectivity index (χ1) is 14.7. The second-order valence-electron chi connectivity index (χ2n) is 8.19. The zero-order valence-corrected chi connectivity index (χ0v) is 17.5. The summed E-state index contributed by atoms with van der Waals surface area (Å²) in [6.45, 7) is 8.65. The van der Waals surface area contributed by atoms with E-state index in [1.54, 1.807) is 11.0 Å². The predicted molar refractivity (Wildman–Crippen MR) is 116 cm³/mol. The molecule has 1 aliphatic heterocycles. The van der Waals surface area contributed by atoms with Crippen molar-refractivity contribution >= 4 is 0 Å². The molecular weight excluding hydrogens is 376 g/mol. The monoisotopic (exact) mass is 406 g/mol. The van der Waals surface area contributed by atoms with Crippen LogP contribution in [0, 0.1) is 6.92 Å². The normalized spacial score (nSPS) is 18.8. The first kappa shape index (κ1) is 20.4. The Bertz CT molecular complexity index is 1010. The smallest absolute Gasteiger partial charge is 0.227 e. The van der Waals surface area contributed by atoms with Gasteiger partial charge < -0.3 is 19.0 Å². The minimum Gasteiger partial charge on any atom is -0.482 e. The summed E-state index contributed by atoms with van der Waals surface area (Å²) < 4.78 is 11.4. The fraction of sp³-hybridized carbons (Fsp3) is 0.320. The van der Waals surface area contributed by atoms with Gasteiger partial charge in [-0.05, 0) is 12.5 Å². The van der Waals surface area contributed by atoms with Gasteiger partial charge in [-0.2, -0.15) is 0 Å². The quantitative estimate of drug-likeness (QED) is 0.616. The zero-order chi connectivity index (χ0) is 20.8. The Kier molecular flexibility index (Phi) is 6.62. The zero-order valence-electron chi connectivity index (χ0n) is 17.5. The molecule has 1 saturated heterocycles. The third-order valence-corrected chi connectivity index (χ3v) is 5.71. The molecule has 2 N–H and O–H groups in total. The fourth-order valence-corrected chi connectivity index (χ4v) is 4.04. The van der Waals surface area contributed by atoms with Crippen LogP contribution in [0.1, 0.15) is 22.5 Å². The summed E-state index contributed by atoms with van der Waals surface area (Å²) in [5.41, 5.74) is 3.49. The first-order valence-corrected chi connectivity index (χ1v) is 10.7. The molecule has 4 rings (SSSR count). The lowest BCUT2D eigenvalue weighted by atomic mass is 10.1. The van der Waals surface area contributed by atoms with Crippen LogP contribution in [0.4, 0.5) is 0 Å². The number of piperazine rings is 1. The molecule has 2 heterocycles. The molecule has 156 valence electrons. The number of hydrogen-bond acceptors (Lipinski definition) is 3. The number of aryl methyl sites for hydroxylation is 1. The van der Waals surface area contributed by atoms with E-state index in [4.69, 9.17) is 9.15 Å². The second-order valence-corrected chi connectivity index (χ2v) is 8.19. The lowest BCUT2D eigenvalue weighted by Crippen LogP contribution is -3.27. The number of ether oxygens (including phenoxy) is 1. The van der Waals surface area contributed by atoms with Crippen LogP contribution in [-0.2, 0) is 19.7 Å². The van der Waals surface area contributed by atoms with Gasteiger partial charge in [0.05, 0.1) is 0 Å². The average molecular weight is 407 g/mol. The Morgan fingerprint density at radius 2 is 1.57 bits per heavy atom. The van der Waals surface area contributed by atoms with Crippen LogP contribution in [0.25, 0.3) is 0 Å². The highest BCUT2D eigenvalue weighted by Gasteiger charge is 2.24. The highest BCUT2D eigenvalue weighted by atomic mass is 16.5. The minimum absolute atomic E-state index is 0.114.